The Kier molecular flexibility index (Phi) is 2.91. The molecule has 2 aromatic rings. The molecule has 0 aromatic carbocycles. The number of aryl methyl sites for hydroxylation is 1. The van der Waals surface area contributed by atoms with Crippen molar-refractivity contribution in [3.63, 3.8) is 0 Å². The molecule has 4 heteroatoms. The zero-order chi connectivity index (χ0) is 12.6. The second-order valence-electron chi connectivity index (χ2n) is 5.22. The van der Waals surface area contributed by atoms with Crippen molar-refractivity contribution in [2.24, 2.45) is 0 Å². The SMILES string of the molecule is Cc1cscc1-c1nc(N)cc(C(C)(C)C)n1. The monoisotopic (exact) mass is 247 g/mol. The van der Waals surface area contributed by atoms with Crippen LogP contribution in [0.25, 0.3) is 11.4 Å². The van der Waals surface area contributed by atoms with Gasteiger partial charge in [0.1, 0.15) is 5.82 Å². The van der Waals surface area contributed by atoms with Gasteiger partial charge in [-0.2, -0.15) is 11.3 Å². The van der Waals surface area contributed by atoms with E-state index in [9.17, 15) is 0 Å². The summed E-state index contributed by atoms with van der Waals surface area (Å²) in [6.07, 6.45) is 0. The van der Waals surface area contributed by atoms with Gasteiger partial charge in [0.05, 0.1) is 5.69 Å². The number of nitrogen functional groups attached to an aromatic ring is 1. The van der Waals surface area contributed by atoms with Gasteiger partial charge in [-0.1, -0.05) is 20.8 Å². The molecule has 17 heavy (non-hydrogen) atoms. The molecule has 0 amide bonds. The zero-order valence-electron chi connectivity index (χ0n) is 10.6. The van der Waals surface area contributed by atoms with Crippen LogP contribution in [0.2, 0.25) is 0 Å². The number of hydrogen-bond donors (Lipinski definition) is 1. The summed E-state index contributed by atoms with van der Waals surface area (Å²) in [4.78, 5) is 8.95. The molecule has 0 radical (unpaired) electrons. The summed E-state index contributed by atoms with van der Waals surface area (Å²) in [5, 5.41) is 4.16. The number of thiophene rings is 1. The third-order valence-corrected chi connectivity index (χ3v) is 3.47. The number of aromatic nitrogens is 2. The van der Waals surface area contributed by atoms with E-state index in [0.29, 0.717) is 5.82 Å². The topological polar surface area (TPSA) is 51.8 Å². The van der Waals surface area contributed by atoms with Gasteiger partial charge < -0.3 is 5.73 Å². The highest BCUT2D eigenvalue weighted by Crippen LogP contribution is 2.28. The fraction of sp³-hybridized carbons (Fsp3) is 0.385. The lowest BCUT2D eigenvalue weighted by Crippen LogP contribution is -2.15. The lowest BCUT2D eigenvalue weighted by atomic mass is 9.92. The van der Waals surface area contributed by atoms with Crippen molar-refractivity contribution in [2.45, 2.75) is 33.1 Å². The number of anilines is 1. The Morgan fingerprint density at radius 3 is 2.41 bits per heavy atom. The molecule has 0 aliphatic heterocycles. The second kappa shape index (κ2) is 4.11. The van der Waals surface area contributed by atoms with Crippen molar-refractivity contribution >= 4 is 17.2 Å². The van der Waals surface area contributed by atoms with Crippen LogP contribution in [-0.4, -0.2) is 9.97 Å². The average molecular weight is 247 g/mol. The van der Waals surface area contributed by atoms with Crippen molar-refractivity contribution in [3.05, 3.63) is 28.1 Å². The van der Waals surface area contributed by atoms with Crippen LogP contribution in [0.3, 0.4) is 0 Å². The van der Waals surface area contributed by atoms with E-state index in [0.717, 1.165) is 17.1 Å². The molecular weight excluding hydrogens is 230 g/mol. The Balaban J connectivity index is 2.57. The molecular formula is C13H17N3S. The van der Waals surface area contributed by atoms with Gasteiger partial charge >= 0.3 is 0 Å². The van der Waals surface area contributed by atoms with E-state index in [4.69, 9.17) is 5.73 Å². The normalized spacial score (nSPS) is 11.8. The lowest BCUT2D eigenvalue weighted by Gasteiger charge is -2.18. The van der Waals surface area contributed by atoms with Crippen LogP contribution in [0.4, 0.5) is 5.82 Å². The maximum atomic E-state index is 5.86. The third-order valence-electron chi connectivity index (χ3n) is 2.61. The van der Waals surface area contributed by atoms with E-state index in [1.807, 2.05) is 6.07 Å². The number of rotatable bonds is 1. The Labute approximate surface area is 106 Å². The minimum atomic E-state index is -0.0181. The first-order valence-corrected chi connectivity index (χ1v) is 6.50. The van der Waals surface area contributed by atoms with E-state index < -0.39 is 0 Å². The molecule has 0 saturated heterocycles. The first-order valence-electron chi connectivity index (χ1n) is 5.56. The van der Waals surface area contributed by atoms with Crippen molar-refractivity contribution < 1.29 is 0 Å². The summed E-state index contributed by atoms with van der Waals surface area (Å²) in [5.41, 5.74) is 9.10. The molecule has 0 aliphatic carbocycles. The summed E-state index contributed by atoms with van der Waals surface area (Å²) in [5.74, 6) is 1.26. The standard InChI is InChI=1S/C13H17N3S/c1-8-6-17-7-9(8)12-15-10(13(2,3)4)5-11(14)16-12/h5-7H,1-4H3,(H2,14,15,16). The maximum Gasteiger partial charge on any atom is 0.162 e. The summed E-state index contributed by atoms with van der Waals surface area (Å²) in [7, 11) is 0. The highest BCUT2D eigenvalue weighted by molar-refractivity contribution is 7.08. The first kappa shape index (κ1) is 12.0. The van der Waals surface area contributed by atoms with Gasteiger partial charge in [0, 0.05) is 22.4 Å². The van der Waals surface area contributed by atoms with Gasteiger partial charge in [0.2, 0.25) is 0 Å². The van der Waals surface area contributed by atoms with Crippen LogP contribution in [0.5, 0.6) is 0 Å². The summed E-state index contributed by atoms with van der Waals surface area (Å²) in [6, 6.07) is 1.85. The molecule has 0 atom stereocenters. The van der Waals surface area contributed by atoms with Gasteiger partial charge in [0.25, 0.3) is 0 Å². The van der Waals surface area contributed by atoms with Crippen molar-refractivity contribution in [3.8, 4) is 11.4 Å². The number of nitrogens with zero attached hydrogens (tertiary/aromatic N) is 2. The Morgan fingerprint density at radius 2 is 1.88 bits per heavy atom. The molecule has 0 spiro atoms. The smallest absolute Gasteiger partial charge is 0.162 e. The van der Waals surface area contributed by atoms with Crippen LogP contribution < -0.4 is 5.73 Å². The Hall–Kier alpha value is -1.42. The largest absolute Gasteiger partial charge is 0.384 e. The van der Waals surface area contributed by atoms with Crippen LogP contribution in [0, 0.1) is 6.92 Å². The molecule has 90 valence electrons. The second-order valence-corrected chi connectivity index (χ2v) is 5.96. The average Bonchev–Trinajstić information content (AvgIpc) is 2.62. The molecule has 0 bridgehead atoms. The van der Waals surface area contributed by atoms with Crippen molar-refractivity contribution in [1.82, 2.24) is 9.97 Å². The predicted molar refractivity (Wildman–Crippen MR) is 73.2 cm³/mol. The Morgan fingerprint density at radius 1 is 1.18 bits per heavy atom. The summed E-state index contributed by atoms with van der Waals surface area (Å²) in [6.45, 7) is 8.44. The molecule has 2 heterocycles. The molecule has 0 unspecified atom stereocenters. The Bertz CT molecular complexity index is 538. The van der Waals surface area contributed by atoms with Gasteiger partial charge in [0.15, 0.2) is 5.82 Å². The molecule has 2 N–H and O–H groups in total. The lowest BCUT2D eigenvalue weighted by molar-refractivity contribution is 0.568. The summed E-state index contributed by atoms with van der Waals surface area (Å²) >= 11 is 1.66. The van der Waals surface area contributed by atoms with Gasteiger partial charge in [-0.05, 0) is 17.9 Å². The van der Waals surface area contributed by atoms with Crippen LogP contribution in [-0.2, 0) is 5.41 Å². The van der Waals surface area contributed by atoms with Crippen molar-refractivity contribution in [1.29, 1.82) is 0 Å². The quantitative estimate of drug-likeness (QED) is 0.840. The molecule has 2 aromatic heterocycles. The number of nitrogens with two attached hydrogens (primary N) is 1. The highest BCUT2D eigenvalue weighted by atomic mass is 32.1. The van der Waals surface area contributed by atoms with Crippen LogP contribution >= 0.6 is 11.3 Å². The fourth-order valence-corrected chi connectivity index (χ4v) is 2.39. The molecule has 0 fully saturated rings. The van der Waals surface area contributed by atoms with Crippen molar-refractivity contribution in [2.75, 3.05) is 5.73 Å². The van der Waals surface area contributed by atoms with Gasteiger partial charge in [-0.25, -0.2) is 9.97 Å². The van der Waals surface area contributed by atoms with E-state index in [2.05, 4.69) is 48.4 Å². The highest BCUT2D eigenvalue weighted by Gasteiger charge is 2.18. The fourth-order valence-electron chi connectivity index (χ4n) is 1.56. The maximum absolute atomic E-state index is 5.86. The predicted octanol–water partition coefficient (Wildman–Crippen LogP) is 3.39. The van der Waals surface area contributed by atoms with Gasteiger partial charge in [-0.15, -0.1) is 0 Å². The van der Waals surface area contributed by atoms with E-state index in [1.54, 1.807) is 11.3 Å². The third kappa shape index (κ3) is 2.47. The molecule has 0 aliphatic rings. The van der Waals surface area contributed by atoms with E-state index >= 15 is 0 Å². The van der Waals surface area contributed by atoms with Gasteiger partial charge in [-0.3, -0.25) is 0 Å². The number of hydrogen-bond acceptors (Lipinski definition) is 4. The van der Waals surface area contributed by atoms with E-state index in [-0.39, 0.29) is 5.41 Å². The van der Waals surface area contributed by atoms with Crippen LogP contribution in [0.1, 0.15) is 32.0 Å². The first-order chi connectivity index (χ1) is 7.88. The van der Waals surface area contributed by atoms with Crippen LogP contribution in [0.15, 0.2) is 16.8 Å². The molecule has 2 rings (SSSR count). The summed E-state index contributed by atoms with van der Waals surface area (Å²) < 4.78 is 0. The minimum Gasteiger partial charge on any atom is -0.384 e. The minimum absolute atomic E-state index is 0.0181. The van der Waals surface area contributed by atoms with E-state index in [1.165, 1.54) is 5.56 Å². The molecule has 0 saturated carbocycles. The zero-order valence-corrected chi connectivity index (χ0v) is 11.4. The molecule has 3 nitrogen and oxygen atoms in total.